The number of nitrogens with one attached hydrogen (secondary N) is 1. The van der Waals surface area contributed by atoms with E-state index in [0.29, 0.717) is 6.04 Å². The van der Waals surface area contributed by atoms with Crippen molar-refractivity contribution in [2.45, 2.75) is 76.9 Å². The molecule has 2 rings (SSSR count). The highest BCUT2D eigenvalue weighted by Crippen LogP contribution is 2.25. The predicted octanol–water partition coefficient (Wildman–Crippen LogP) is 2.92. The molecule has 3 unspecified atom stereocenters. The van der Waals surface area contributed by atoms with Crippen LogP contribution in [-0.4, -0.2) is 35.6 Å². The van der Waals surface area contributed by atoms with E-state index < -0.39 is 0 Å². The lowest BCUT2D eigenvalue weighted by Crippen LogP contribution is -2.45. The van der Waals surface area contributed by atoms with Crippen LogP contribution in [0.3, 0.4) is 0 Å². The summed E-state index contributed by atoms with van der Waals surface area (Å²) in [7, 11) is 0. The second-order valence-electron chi connectivity index (χ2n) is 6.99. The average Bonchev–Trinajstić information content (AvgIpc) is 3.17. The molecule has 0 spiro atoms. The Hall–Kier alpha value is -0.590. The summed E-state index contributed by atoms with van der Waals surface area (Å²) in [6.07, 6.45) is 7.29. The lowest BCUT2D eigenvalue weighted by molar-refractivity contribution is 0.120. The van der Waals surface area contributed by atoms with Gasteiger partial charge in [-0.3, -0.25) is 5.32 Å². The number of nitrogens with zero attached hydrogens (tertiary/aromatic N) is 2. The fraction of sp³-hybridized carbons (Fsp3) is 0.938. The molecule has 2 fully saturated rings. The van der Waals surface area contributed by atoms with Crippen molar-refractivity contribution in [2.75, 3.05) is 13.1 Å². The number of likely N-dealkylation sites (tertiary alicyclic amines) is 1. The van der Waals surface area contributed by atoms with Crippen molar-refractivity contribution in [1.82, 2.24) is 10.2 Å². The Kier molecular flexibility index (Phi) is 4.86. The maximum absolute atomic E-state index is 9.37. The molecular formula is C16H29N3. The third kappa shape index (κ3) is 4.47. The first-order valence-electron chi connectivity index (χ1n) is 7.95. The topological polar surface area (TPSA) is 39.1 Å². The van der Waals surface area contributed by atoms with Gasteiger partial charge in [-0.15, -0.1) is 0 Å². The van der Waals surface area contributed by atoms with Gasteiger partial charge in [0, 0.05) is 18.6 Å². The van der Waals surface area contributed by atoms with Crippen LogP contribution in [0.5, 0.6) is 0 Å². The maximum Gasteiger partial charge on any atom is 0.104 e. The van der Waals surface area contributed by atoms with Crippen LogP contribution in [0, 0.1) is 17.2 Å². The van der Waals surface area contributed by atoms with E-state index in [0.717, 1.165) is 31.3 Å². The van der Waals surface area contributed by atoms with Gasteiger partial charge in [-0.25, -0.2) is 0 Å². The molecule has 19 heavy (non-hydrogen) atoms. The zero-order chi connectivity index (χ0) is 13.9. The monoisotopic (exact) mass is 263 g/mol. The molecule has 0 amide bonds. The van der Waals surface area contributed by atoms with Gasteiger partial charge in [0.25, 0.3) is 0 Å². The van der Waals surface area contributed by atoms with Crippen LogP contribution in [0.4, 0.5) is 0 Å². The summed E-state index contributed by atoms with van der Waals surface area (Å²) in [4.78, 5) is 2.61. The van der Waals surface area contributed by atoms with Crippen molar-refractivity contribution < 1.29 is 0 Å². The molecule has 1 heterocycles. The molecule has 1 N–H and O–H groups in total. The van der Waals surface area contributed by atoms with E-state index in [1.54, 1.807) is 0 Å². The van der Waals surface area contributed by atoms with Gasteiger partial charge in [0.1, 0.15) is 5.54 Å². The number of nitriles is 1. The van der Waals surface area contributed by atoms with E-state index in [1.807, 2.05) is 0 Å². The molecule has 3 nitrogen and oxygen atoms in total. The molecule has 3 atom stereocenters. The SMILES string of the molecule is CC1CCC(C)N(CCCC(C)(C#N)NC2CC2)C1. The summed E-state index contributed by atoms with van der Waals surface area (Å²) in [6.45, 7) is 9.15. The maximum atomic E-state index is 9.37. The molecule has 0 radical (unpaired) electrons. The second-order valence-corrected chi connectivity index (χ2v) is 6.99. The van der Waals surface area contributed by atoms with Gasteiger partial charge in [0.05, 0.1) is 6.07 Å². The molecule has 2 aliphatic rings. The van der Waals surface area contributed by atoms with Crippen LogP contribution in [0.1, 0.15) is 59.3 Å². The highest BCUT2D eigenvalue weighted by atomic mass is 15.2. The summed E-state index contributed by atoms with van der Waals surface area (Å²) in [5.74, 6) is 0.836. The van der Waals surface area contributed by atoms with Gasteiger partial charge in [-0.2, -0.15) is 5.26 Å². The van der Waals surface area contributed by atoms with Crippen LogP contribution in [0.15, 0.2) is 0 Å². The predicted molar refractivity (Wildman–Crippen MR) is 78.8 cm³/mol. The van der Waals surface area contributed by atoms with Gasteiger partial charge >= 0.3 is 0 Å². The van der Waals surface area contributed by atoms with Crippen LogP contribution >= 0.6 is 0 Å². The standard InChI is InChI=1S/C16H29N3/c1-13-5-6-14(2)19(11-13)10-4-9-16(3,12-17)18-15-7-8-15/h13-15,18H,4-11H2,1-3H3. The fourth-order valence-electron chi connectivity index (χ4n) is 3.17. The van der Waals surface area contributed by atoms with Gasteiger partial charge in [0.2, 0.25) is 0 Å². The quantitative estimate of drug-likeness (QED) is 0.801. The summed E-state index contributed by atoms with van der Waals surface area (Å²) >= 11 is 0. The van der Waals surface area contributed by atoms with Crippen LogP contribution < -0.4 is 5.32 Å². The summed E-state index contributed by atoms with van der Waals surface area (Å²) in [5.41, 5.74) is -0.314. The molecular weight excluding hydrogens is 234 g/mol. The van der Waals surface area contributed by atoms with E-state index in [4.69, 9.17) is 0 Å². The molecule has 0 aromatic heterocycles. The number of rotatable bonds is 6. The number of hydrogen-bond donors (Lipinski definition) is 1. The first-order chi connectivity index (χ1) is 9.02. The second kappa shape index (κ2) is 6.24. The molecule has 1 saturated carbocycles. The first kappa shape index (κ1) is 14.8. The van der Waals surface area contributed by atoms with E-state index in [9.17, 15) is 5.26 Å². The minimum absolute atomic E-state index is 0.314. The Balaban J connectivity index is 1.73. The fourth-order valence-corrected chi connectivity index (χ4v) is 3.17. The van der Waals surface area contributed by atoms with E-state index in [1.165, 1.54) is 32.2 Å². The molecule has 0 aromatic rings. The molecule has 1 aliphatic heterocycles. The van der Waals surface area contributed by atoms with E-state index >= 15 is 0 Å². The summed E-state index contributed by atoms with van der Waals surface area (Å²) in [5, 5.41) is 12.9. The minimum atomic E-state index is -0.314. The smallest absolute Gasteiger partial charge is 0.104 e. The Morgan fingerprint density at radius 2 is 2.00 bits per heavy atom. The Labute approximate surface area is 118 Å². The van der Waals surface area contributed by atoms with Gasteiger partial charge in [0.15, 0.2) is 0 Å². The highest BCUT2D eigenvalue weighted by molar-refractivity contribution is 5.07. The number of hydrogen-bond acceptors (Lipinski definition) is 3. The van der Waals surface area contributed by atoms with Crippen molar-refractivity contribution in [3.8, 4) is 6.07 Å². The van der Waals surface area contributed by atoms with Gasteiger partial charge < -0.3 is 4.90 Å². The van der Waals surface area contributed by atoms with Crippen molar-refractivity contribution in [3.63, 3.8) is 0 Å². The van der Waals surface area contributed by atoms with Crippen LogP contribution in [-0.2, 0) is 0 Å². The van der Waals surface area contributed by atoms with Crippen molar-refractivity contribution in [1.29, 1.82) is 5.26 Å². The number of piperidine rings is 1. The Bertz CT molecular complexity index is 331. The average molecular weight is 263 g/mol. The molecule has 108 valence electrons. The van der Waals surface area contributed by atoms with Crippen molar-refractivity contribution in [2.24, 2.45) is 5.92 Å². The van der Waals surface area contributed by atoms with E-state index in [2.05, 4.69) is 37.1 Å². The van der Waals surface area contributed by atoms with Crippen molar-refractivity contribution in [3.05, 3.63) is 0 Å². The third-order valence-electron chi connectivity index (χ3n) is 4.72. The minimum Gasteiger partial charge on any atom is -0.300 e. The third-order valence-corrected chi connectivity index (χ3v) is 4.72. The van der Waals surface area contributed by atoms with Crippen LogP contribution in [0.25, 0.3) is 0 Å². The molecule has 1 saturated heterocycles. The molecule has 1 aliphatic carbocycles. The lowest BCUT2D eigenvalue weighted by atomic mass is 9.93. The normalized spacial score (nSPS) is 31.7. The first-order valence-corrected chi connectivity index (χ1v) is 7.95. The zero-order valence-corrected chi connectivity index (χ0v) is 12.8. The summed E-state index contributed by atoms with van der Waals surface area (Å²) in [6, 6.07) is 3.81. The van der Waals surface area contributed by atoms with Crippen molar-refractivity contribution >= 4 is 0 Å². The lowest BCUT2D eigenvalue weighted by Gasteiger charge is -2.37. The molecule has 0 bridgehead atoms. The van der Waals surface area contributed by atoms with Gasteiger partial charge in [-0.1, -0.05) is 6.92 Å². The summed E-state index contributed by atoms with van der Waals surface area (Å²) < 4.78 is 0. The zero-order valence-electron chi connectivity index (χ0n) is 12.8. The van der Waals surface area contributed by atoms with Gasteiger partial charge in [-0.05, 0) is 64.8 Å². The van der Waals surface area contributed by atoms with Crippen LogP contribution in [0.2, 0.25) is 0 Å². The molecule has 3 heteroatoms. The molecule has 0 aromatic carbocycles. The highest BCUT2D eigenvalue weighted by Gasteiger charge is 2.32. The Morgan fingerprint density at radius 1 is 1.26 bits per heavy atom. The Morgan fingerprint density at radius 3 is 2.63 bits per heavy atom. The largest absolute Gasteiger partial charge is 0.300 e. The van der Waals surface area contributed by atoms with E-state index in [-0.39, 0.29) is 5.54 Å².